The molecule has 0 aliphatic carbocycles. The molecule has 0 radical (unpaired) electrons. The van der Waals surface area contributed by atoms with Crippen molar-refractivity contribution in [3.63, 3.8) is 0 Å². The predicted molar refractivity (Wildman–Crippen MR) is 83.8 cm³/mol. The molecule has 2 aromatic rings. The van der Waals surface area contributed by atoms with Crippen molar-refractivity contribution in [3.05, 3.63) is 69.4 Å². The Labute approximate surface area is 127 Å². The maximum atomic E-state index is 13.4. The third kappa shape index (κ3) is 4.40. The van der Waals surface area contributed by atoms with Crippen LogP contribution in [0.15, 0.2) is 46.9 Å². The monoisotopic (exact) mass is 336 g/mol. The molecule has 106 valence electrons. The zero-order valence-electron chi connectivity index (χ0n) is 11.4. The molecule has 0 bridgehead atoms. The van der Waals surface area contributed by atoms with Gasteiger partial charge in [0.25, 0.3) is 0 Å². The van der Waals surface area contributed by atoms with Gasteiger partial charge in [0.15, 0.2) is 0 Å². The maximum Gasteiger partial charge on any atom is 0.124 e. The van der Waals surface area contributed by atoms with Gasteiger partial charge in [-0.1, -0.05) is 45.8 Å². The van der Waals surface area contributed by atoms with Crippen molar-refractivity contribution in [3.8, 4) is 0 Å². The lowest BCUT2D eigenvalue weighted by molar-refractivity contribution is 0.520. The quantitative estimate of drug-likeness (QED) is 0.647. The molecule has 3 N–H and O–H groups in total. The first-order valence-electron chi connectivity index (χ1n) is 6.53. The van der Waals surface area contributed by atoms with Crippen molar-refractivity contribution >= 4 is 15.9 Å². The van der Waals surface area contributed by atoms with Gasteiger partial charge >= 0.3 is 0 Å². The van der Waals surface area contributed by atoms with Crippen molar-refractivity contribution in [2.45, 2.75) is 25.8 Å². The van der Waals surface area contributed by atoms with Crippen LogP contribution in [0.25, 0.3) is 0 Å². The van der Waals surface area contributed by atoms with Gasteiger partial charge < -0.3 is 0 Å². The van der Waals surface area contributed by atoms with Gasteiger partial charge in [-0.05, 0) is 49.1 Å². The van der Waals surface area contributed by atoms with Crippen LogP contribution in [-0.4, -0.2) is 6.04 Å². The second kappa shape index (κ2) is 6.97. The number of nitrogens with one attached hydrogen (secondary N) is 1. The lowest BCUT2D eigenvalue weighted by Crippen LogP contribution is -2.38. The number of rotatable bonds is 5. The van der Waals surface area contributed by atoms with Gasteiger partial charge in [-0.3, -0.25) is 11.3 Å². The summed E-state index contributed by atoms with van der Waals surface area (Å²) in [4.78, 5) is 0. The van der Waals surface area contributed by atoms with Crippen LogP contribution in [-0.2, 0) is 12.8 Å². The van der Waals surface area contributed by atoms with E-state index in [0.717, 1.165) is 16.5 Å². The van der Waals surface area contributed by atoms with Gasteiger partial charge in [-0.15, -0.1) is 0 Å². The van der Waals surface area contributed by atoms with E-state index < -0.39 is 0 Å². The summed E-state index contributed by atoms with van der Waals surface area (Å²) in [6.07, 6.45) is 1.49. The van der Waals surface area contributed by atoms with Crippen LogP contribution in [0.1, 0.15) is 16.7 Å². The third-order valence-corrected chi connectivity index (χ3v) is 3.70. The number of halogens is 2. The molecule has 4 heteroatoms. The van der Waals surface area contributed by atoms with Crippen molar-refractivity contribution < 1.29 is 4.39 Å². The summed E-state index contributed by atoms with van der Waals surface area (Å²) in [7, 11) is 0. The van der Waals surface area contributed by atoms with Gasteiger partial charge in [0.05, 0.1) is 0 Å². The van der Waals surface area contributed by atoms with Crippen molar-refractivity contribution in [2.75, 3.05) is 0 Å². The topological polar surface area (TPSA) is 38.0 Å². The number of aryl methyl sites for hydroxylation is 1. The molecule has 0 aliphatic rings. The molecular weight excluding hydrogens is 319 g/mol. The zero-order valence-corrected chi connectivity index (χ0v) is 13.0. The summed E-state index contributed by atoms with van der Waals surface area (Å²) >= 11 is 3.31. The highest BCUT2D eigenvalue weighted by Gasteiger charge is 2.10. The Balaban J connectivity index is 2.06. The SMILES string of the molecule is Cc1ccc(CC(Cc2cc(F)cc(Br)c2)NN)cc1. The van der Waals surface area contributed by atoms with E-state index >= 15 is 0 Å². The molecule has 1 unspecified atom stereocenters. The van der Waals surface area contributed by atoms with E-state index in [9.17, 15) is 4.39 Å². The fourth-order valence-corrected chi connectivity index (χ4v) is 2.72. The number of hydrazine groups is 1. The normalized spacial score (nSPS) is 12.4. The molecule has 2 nitrogen and oxygen atoms in total. The average Bonchev–Trinajstić information content (AvgIpc) is 2.39. The second-order valence-electron chi connectivity index (χ2n) is 5.04. The molecule has 2 rings (SSSR count). The van der Waals surface area contributed by atoms with Crippen LogP contribution in [0.5, 0.6) is 0 Å². The number of benzene rings is 2. The van der Waals surface area contributed by atoms with E-state index in [1.54, 1.807) is 6.07 Å². The van der Waals surface area contributed by atoms with Gasteiger partial charge in [0, 0.05) is 10.5 Å². The smallest absolute Gasteiger partial charge is 0.124 e. The Hall–Kier alpha value is -1.23. The molecular formula is C16H18BrFN2. The predicted octanol–water partition coefficient (Wildman–Crippen LogP) is 3.51. The first-order valence-corrected chi connectivity index (χ1v) is 7.33. The molecule has 1 atom stereocenters. The highest BCUT2D eigenvalue weighted by atomic mass is 79.9. The van der Waals surface area contributed by atoms with Crippen molar-refractivity contribution in [1.29, 1.82) is 0 Å². The Morgan fingerprint density at radius 1 is 1.10 bits per heavy atom. The Morgan fingerprint density at radius 3 is 2.35 bits per heavy atom. The van der Waals surface area contributed by atoms with E-state index in [2.05, 4.69) is 52.5 Å². The molecule has 0 fully saturated rings. The van der Waals surface area contributed by atoms with E-state index in [1.165, 1.54) is 17.2 Å². The van der Waals surface area contributed by atoms with E-state index in [0.29, 0.717) is 6.42 Å². The molecule has 0 saturated heterocycles. The molecule has 0 heterocycles. The summed E-state index contributed by atoms with van der Waals surface area (Å²) < 4.78 is 14.1. The third-order valence-electron chi connectivity index (χ3n) is 3.24. The van der Waals surface area contributed by atoms with Crippen LogP contribution in [0, 0.1) is 12.7 Å². The van der Waals surface area contributed by atoms with E-state index in [1.807, 2.05) is 6.07 Å². The summed E-state index contributed by atoms with van der Waals surface area (Å²) in [6, 6.07) is 13.4. The Bertz CT molecular complexity index is 549. The van der Waals surface area contributed by atoms with Crippen LogP contribution in [0.4, 0.5) is 4.39 Å². The molecule has 0 spiro atoms. The lowest BCUT2D eigenvalue weighted by atomic mass is 9.99. The van der Waals surface area contributed by atoms with Crippen LogP contribution in [0.2, 0.25) is 0 Å². The molecule has 0 aromatic heterocycles. The number of nitrogens with two attached hydrogens (primary N) is 1. The van der Waals surface area contributed by atoms with Gasteiger partial charge in [-0.25, -0.2) is 4.39 Å². The first-order chi connectivity index (χ1) is 9.56. The van der Waals surface area contributed by atoms with Gasteiger partial charge in [-0.2, -0.15) is 0 Å². The van der Waals surface area contributed by atoms with Gasteiger partial charge in [0.2, 0.25) is 0 Å². The fraction of sp³-hybridized carbons (Fsp3) is 0.250. The lowest BCUT2D eigenvalue weighted by Gasteiger charge is -2.16. The standard InChI is InChI=1S/C16H18BrFN2/c1-11-2-4-12(5-3-11)8-16(20-19)9-13-6-14(17)10-15(18)7-13/h2-7,10,16,20H,8-9,19H2,1H3. The summed E-state index contributed by atoms with van der Waals surface area (Å²) in [5, 5.41) is 0. The molecule has 20 heavy (non-hydrogen) atoms. The Morgan fingerprint density at radius 2 is 1.75 bits per heavy atom. The summed E-state index contributed by atoms with van der Waals surface area (Å²) in [5.41, 5.74) is 6.19. The Kier molecular flexibility index (Phi) is 5.29. The highest BCUT2D eigenvalue weighted by Crippen LogP contribution is 2.17. The zero-order chi connectivity index (χ0) is 14.5. The van der Waals surface area contributed by atoms with Crippen LogP contribution < -0.4 is 11.3 Å². The number of hydrogen-bond acceptors (Lipinski definition) is 2. The minimum atomic E-state index is -0.236. The summed E-state index contributed by atoms with van der Waals surface area (Å²) in [5.74, 6) is 5.38. The largest absolute Gasteiger partial charge is 0.271 e. The van der Waals surface area contributed by atoms with Crippen molar-refractivity contribution in [2.24, 2.45) is 5.84 Å². The highest BCUT2D eigenvalue weighted by molar-refractivity contribution is 9.10. The minimum absolute atomic E-state index is 0.0754. The molecule has 2 aromatic carbocycles. The fourth-order valence-electron chi connectivity index (χ4n) is 2.21. The maximum absolute atomic E-state index is 13.4. The van der Waals surface area contributed by atoms with Crippen LogP contribution >= 0.6 is 15.9 Å². The van der Waals surface area contributed by atoms with Gasteiger partial charge in [0.1, 0.15) is 5.82 Å². The van der Waals surface area contributed by atoms with Crippen molar-refractivity contribution in [1.82, 2.24) is 5.43 Å². The van der Waals surface area contributed by atoms with E-state index in [-0.39, 0.29) is 11.9 Å². The first kappa shape index (κ1) is 15.2. The molecule has 0 amide bonds. The van der Waals surface area contributed by atoms with Crippen LogP contribution in [0.3, 0.4) is 0 Å². The van der Waals surface area contributed by atoms with E-state index in [4.69, 9.17) is 5.84 Å². The molecule has 0 aliphatic heterocycles. The summed E-state index contributed by atoms with van der Waals surface area (Å²) in [6.45, 7) is 2.06. The minimum Gasteiger partial charge on any atom is -0.271 e. The number of hydrogen-bond donors (Lipinski definition) is 2. The average molecular weight is 337 g/mol. The molecule has 0 saturated carbocycles. The second-order valence-corrected chi connectivity index (χ2v) is 5.95.